The van der Waals surface area contributed by atoms with Crippen LogP contribution in [0.25, 0.3) is 0 Å². The summed E-state index contributed by atoms with van der Waals surface area (Å²) in [5.74, 6) is 0. The maximum atomic E-state index is 11.8. The lowest BCUT2D eigenvalue weighted by molar-refractivity contribution is 0.135. The summed E-state index contributed by atoms with van der Waals surface area (Å²) in [5, 5.41) is 9.72. The van der Waals surface area contributed by atoms with Crippen molar-refractivity contribution in [2.75, 3.05) is 4.84 Å². The molecule has 0 spiro atoms. The molecule has 0 aliphatic heterocycles. The molecule has 82 valence electrons. The van der Waals surface area contributed by atoms with Gasteiger partial charge in [0.2, 0.25) is 0 Å². The quantitative estimate of drug-likeness (QED) is 0.755. The topological polar surface area (TPSA) is 54.3 Å². The summed E-state index contributed by atoms with van der Waals surface area (Å²) in [6.45, 7) is 0. The Morgan fingerprint density at radius 3 is 2.93 bits per heavy atom. The molecule has 1 aromatic rings. The van der Waals surface area contributed by atoms with E-state index in [0.717, 1.165) is 19.3 Å². The first kappa shape index (κ1) is 10.5. The SMILES string of the molecule is O=c1c(NCl)cccn1[C@H]1CCC[C@H]1O. The molecule has 0 unspecified atom stereocenters. The van der Waals surface area contributed by atoms with Crippen molar-refractivity contribution in [3.63, 3.8) is 0 Å². The summed E-state index contributed by atoms with van der Waals surface area (Å²) >= 11 is 5.42. The van der Waals surface area contributed by atoms with Gasteiger partial charge in [0.25, 0.3) is 5.56 Å². The lowest BCUT2D eigenvalue weighted by atomic mass is 10.2. The molecule has 1 saturated carbocycles. The van der Waals surface area contributed by atoms with Gasteiger partial charge in [0.05, 0.1) is 12.1 Å². The molecule has 1 heterocycles. The molecule has 1 aromatic heterocycles. The minimum Gasteiger partial charge on any atom is -0.391 e. The normalized spacial score (nSPS) is 25.5. The van der Waals surface area contributed by atoms with Gasteiger partial charge < -0.3 is 9.67 Å². The van der Waals surface area contributed by atoms with E-state index < -0.39 is 6.10 Å². The zero-order valence-electron chi connectivity index (χ0n) is 8.19. The van der Waals surface area contributed by atoms with Crippen LogP contribution in [0, 0.1) is 0 Å². The number of nitrogens with one attached hydrogen (secondary N) is 1. The van der Waals surface area contributed by atoms with E-state index in [0.29, 0.717) is 5.69 Å². The van der Waals surface area contributed by atoms with E-state index in [9.17, 15) is 9.90 Å². The van der Waals surface area contributed by atoms with E-state index in [1.165, 1.54) is 0 Å². The number of hydrogen-bond donors (Lipinski definition) is 2. The van der Waals surface area contributed by atoms with E-state index in [2.05, 4.69) is 4.84 Å². The third-order valence-corrected chi connectivity index (χ3v) is 3.08. The lowest BCUT2D eigenvalue weighted by Gasteiger charge is -2.18. The van der Waals surface area contributed by atoms with Crippen molar-refractivity contribution in [1.82, 2.24) is 4.57 Å². The molecule has 15 heavy (non-hydrogen) atoms. The average molecular weight is 229 g/mol. The number of aliphatic hydroxyl groups is 1. The fourth-order valence-electron chi connectivity index (χ4n) is 2.09. The summed E-state index contributed by atoms with van der Waals surface area (Å²) < 4.78 is 1.56. The third-order valence-electron chi connectivity index (χ3n) is 2.88. The highest BCUT2D eigenvalue weighted by atomic mass is 35.5. The predicted molar refractivity (Wildman–Crippen MR) is 59.1 cm³/mol. The van der Waals surface area contributed by atoms with Crippen LogP contribution in [0.15, 0.2) is 23.1 Å². The van der Waals surface area contributed by atoms with Crippen LogP contribution in [0.1, 0.15) is 25.3 Å². The van der Waals surface area contributed by atoms with Gasteiger partial charge in [0, 0.05) is 18.0 Å². The summed E-state index contributed by atoms with van der Waals surface area (Å²) in [6.07, 6.45) is 3.83. The Morgan fingerprint density at radius 1 is 1.53 bits per heavy atom. The number of hydrogen-bond acceptors (Lipinski definition) is 3. The summed E-state index contributed by atoms with van der Waals surface area (Å²) in [5.41, 5.74) is 0.164. The van der Waals surface area contributed by atoms with Gasteiger partial charge in [-0.3, -0.25) is 9.63 Å². The third kappa shape index (κ3) is 1.87. The van der Waals surface area contributed by atoms with Crippen molar-refractivity contribution < 1.29 is 5.11 Å². The number of pyridine rings is 1. The minimum atomic E-state index is -0.423. The minimum absolute atomic E-state index is 0.109. The second kappa shape index (κ2) is 4.24. The van der Waals surface area contributed by atoms with E-state index in [1.54, 1.807) is 22.9 Å². The van der Waals surface area contributed by atoms with Crippen LogP contribution in [-0.2, 0) is 0 Å². The van der Waals surface area contributed by atoms with Crippen LogP contribution >= 0.6 is 11.8 Å². The Hall–Kier alpha value is -1.00. The molecule has 0 radical (unpaired) electrons. The highest BCUT2D eigenvalue weighted by Gasteiger charge is 2.27. The maximum Gasteiger partial charge on any atom is 0.275 e. The standard InChI is InChI=1S/C10H13ClN2O2/c11-12-7-3-2-6-13(10(7)15)8-4-1-5-9(8)14/h2-3,6,8-9,12,14H,1,4-5H2/t8-,9+/m0/s1. The second-order valence-electron chi connectivity index (χ2n) is 3.79. The Labute approximate surface area is 92.6 Å². The largest absolute Gasteiger partial charge is 0.391 e. The van der Waals surface area contributed by atoms with Gasteiger partial charge in [0.1, 0.15) is 5.69 Å². The molecular formula is C10H13ClN2O2. The van der Waals surface area contributed by atoms with Crippen molar-refractivity contribution in [1.29, 1.82) is 0 Å². The first-order valence-corrected chi connectivity index (χ1v) is 5.37. The van der Waals surface area contributed by atoms with Crippen LogP contribution in [0.4, 0.5) is 5.69 Å². The Morgan fingerprint density at radius 2 is 2.33 bits per heavy atom. The fraction of sp³-hybridized carbons (Fsp3) is 0.500. The number of aromatic nitrogens is 1. The Balaban J connectivity index is 2.40. The van der Waals surface area contributed by atoms with Crippen molar-refractivity contribution in [2.45, 2.75) is 31.4 Å². The number of rotatable bonds is 2. The summed E-state index contributed by atoms with van der Waals surface area (Å²) in [7, 11) is 0. The molecule has 1 aliphatic carbocycles. The lowest BCUT2D eigenvalue weighted by Crippen LogP contribution is -2.29. The van der Waals surface area contributed by atoms with Crippen LogP contribution in [0.3, 0.4) is 0 Å². The number of aliphatic hydroxyl groups excluding tert-OH is 1. The molecule has 4 nitrogen and oxygen atoms in total. The Kier molecular flexibility index (Phi) is 2.98. The molecule has 0 amide bonds. The van der Waals surface area contributed by atoms with Gasteiger partial charge in [-0.15, -0.1) is 0 Å². The van der Waals surface area contributed by atoms with Crippen LogP contribution in [-0.4, -0.2) is 15.8 Å². The molecule has 2 rings (SSSR count). The molecule has 1 aliphatic rings. The van der Waals surface area contributed by atoms with Crippen molar-refractivity contribution in [3.05, 3.63) is 28.7 Å². The van der Waals surface area contributed by atoms with E-state index in [4.69, 9.17) is 11.8 Å². The van der Waals surface area contributed by atoms with E-state index in [-0.39, 0.29) is 11.6 Å². The molecular weight excluding hydrogens is 216 g/mol. The van der Waals surface area contributed by atoms with E-state index >= 15 is 0 Å². The van der Waals surface area contributed by atoms with Crippen LogP contribution in [0.5, 0.6) is 0 Å². The molecule has 2 N–H and O–H groups in total. The number of halogens is 1. The molecule has 2 atom stereocenters. The van der Waals surface area contributed by atoms with Gasteiger partial charge in [-0.05, 0) is 31.4 Å². The second-order valence-corrected chi connectivity index (χ2v) is 3.98. The zero-order chi connectivity index (χ0) is 10.8. The van der Waals surface area contributed by atoms with Gasteiger partial charge in [-0.2, -0.15) is 0 Å². The van der Waals surface area contributed by atoms with Gasteiger partial charge in [-0.25, -0.2) is 0 Å². The maximum absolute atomic E-state index is 11.8. The predicted octanol–water partition coefficient (Wildman–Crippen LogP) is 1.50. The zero-order valence-corrected chi connectivity index (χ0v) is 8.94. The molecule has 0 bridgehead atoms. The Bertz CT molecular complexity index is 405. The first-order chi connectivity index (χ1) is 7.24. The van der Waals surface area contributed by atoms with E-state index in [1.807, 2.05) is 0 Å². The number of nitrogens with zero attached hydrogens (tertiary/aromatic N) is 1. The van der Waals surface area contributed by atoms with Crippen molar-refractivity contribution in [2.24, 2.45) is 0 Å². The molecule has 0 saturated heterocycles. The summed E-state index contributed by atoms with van der Waals surface area (Å²) in [4.78, 5) is 14.2. The van der Waals surface area contributed by atoms with Crippen LogP contribution in [0.2, 0.25) is 0 Å². The highest BCUT2D eigenvalue weighted by Crippen LogP contribution is 2.28. The summed E-state index contributed by atoms with van der Waals surface area (Å²) in [6, 6.07) is 3.26. The van der Waals surface area contributed by atoms with Gasteiger partial charge in [0.15, 0.2) is 0 Å². The smallest absolute Gasteiger partial charge is 0.275 e. The first-order valence-electron chi connectivity index (χ1n) is 5.00. The van der Waals surface area contributed by atoms with Crippen LogP contribution < -0.4 is 10.4 Å². The molecule has 1 fully saturated rings. The molecule has 5 heteroatoms. The fourth-order valence-corrected chi connectivity index (χ4v) is 2.23. The van der Waals surface area contributed by atoms with Gasteiger partial charge >= 0.3 is 0 Å². The van der Waals surface area contributed by atoms with Gasteiger partial charge in [-0.1, -0.05) is 0 Å². The number of anilines is 1. The van der Waals surface area contributed by atoms with Crippen molar-refractivity contribution in [3.8, 4) is 0 Å². The monoisotopic (exact) mass is 228 g/mol. The average Bonchev–Trinajstić information content (AvgIpc) is 2.65. The van der Waals surface area contributed by atoms with Crippen molar-refractivity contribution >= 4 is 17.5 Å². The highest BCUT2D eigenvalue weighted by molar-refractivity contribution is 6.23. The molecule has 0 aromatic carbocycles.